The van der Waals surface area contributed by atoms with Gasteiger partial charge in [-0.25, -0.2) is 0 Å². The molecule has 0 bridgehead atoms. The Morgan fingerprint density at radius 1 is 0.733 bits per heavy atom. The van der Waals surface area contributed by atoms with Crippen LogP contribution in [0.15, 0.2) is 115 Å². The molecule has 6 aromatic carbocycles. The van der Waals surface area contributed by atoms with Gasteiger partial charge in [0.1, 0.15) is 0 Å². The fourth-order valence-corrected chi connectivity index (χ4v) is 7.21. The zero-order valence-electron chi connectivity index (χ0n) is 25.9. The molecule has 0 saturated carbocycles. The van der Waals surface area contributed by atoms with Gasteiger partial charge in [-0.1, -0.05) is 129 Å². The number of hydrogen-bond acceptors (Lipinski definition) is 0. The molecule has 0 amide bonds. The van der Waals surface area contributed by atoms with Crippen LogP contribution in [-0.2, 0) is 32.6 Å². The number of hydrogen-bond donors (Lipinski definition) is 0. The Balaban J connectivity index is 0.000000741. The molecule has 0 nitrogen and oxygen atoms in total. The van der Waals surface area contributed by atoms with E-state index in [0.717, 1.165) is 28.8 Å². The van der Waals surface area contributed by atoms with E-state index in [1.165, 1.54) is 77.2 Å². The van der Waals surface area contributed by atoms with Crippen LogP contribution in [0, 0.1) is 6.07 Å². The predicted molar refractivity (Wildman–Crippen MR) is 183 cm³/mol. The third-order valence-corrected chi connectivity index (χ3v) is 8.83. The van der Waals surface area contributed by atoms with E-state index in [1.807, 2.05) is 0 Å². The van der Waals surface area contributed by atoms with Crippen molar-refractivity contribution in [2.24, 2.45) is 0 Å². The van der Waals surface area contributed by atoms with Crippen molar-refractivity contribution in [1.29, 1.82) is 0 Å². The SMILES string of the molecule is CCCC1=Cc2c(-c3c4ccccc4cc4ccccc34)cccc2C1c1[c-]ccc2c1Cc1ccccc1-2.C[Si]C.[Cl-].[Cl-].[Zr+3]. The van der Waals surface area contributed by atoms with Crippen molar-refractivity contribution in [3.05, 3.63) is 149 Å². The molecule has 0 aromatic heterocycles. The molecule has 0 saturated heterocycles. The number of fused-ring (bicyclic) bond motifs is 6. The third kappa shape index (κ3) is 6.20. The van der Waals surface area contributed by atoms with E-state index >= 15 is 0 Å². The Morgan fingerprint density at radius 3 is 2.04 bits per heavy atom. The molecule has 221 valence electrons. The summed E-state index contributed by atoms with van der Waals surface area (Å²) in [5.41, 5.74) is 14.0. The summed E-state index contributed by atoms with van der Waals surface area (Å²) in [4.78, 5) is 0. The molecule has 6 aromatic rings. The Morgan fingerprint density at radius 2 is 1.36 bits per heavy atom. The van der Waals surface area contributed by atoms with Crippen molar-refractivity contribution < 1.29 is 51.0 Å². The number of rotatable bonds is 4. The summed E-state index contributed by atoms with van der Waals surface area (Å²) in [7, 11) is 1.08. The van der Waals surface area contributed by atoms with Crippen molar-refractivity contribution in [3.63, 3.8) is 0 Å². The monoisotopic (exact) mass is 715 g/mol. The minimum absolute atomic E-state index is 0. The van der Waals surface area contributed by atoms with Crippen LogP contribution < -0.4 is 24.8 Å². The first-order valence-corrected chi connectivity index (χ1v) is 17.2. The maximum absolute atomic E-state index is 3.75. The summed E-state index contributed by atoms with van der Waals surface area (Å²) < 4.78 is 0. The number of halogens is 2. The Kier molecular flexibility index (Phi) is 11.9. The Bertz CT molecular complexity index is 1940. The normalized spacial score (nSPS) is 13.7. The molecule has 0 heterocycles. The Labute approximate surface area is 302 Å². The van der Waals surface area contributed by atoms with Gasteiger partial charge in [0, 0.05) is 15.4 Å². The first-order chi connectivity index (χ1) is 20.7. The summed E-state index contributed by atoms with van der Waals surface area (Å²) in [5, 5.41) is 5.23. The maximum atomic E-state index is 3.75. The second kappa shape index (κ2) is 15.2. The summed E-state index contributed by atoms with van der Waals surface area (Å²) >= 11 is 0. The van der Waals surface area contributed by atoms with Gasteiger partial charge in [-0.05, 0) is 73.8 Å². The fraction of sp³-hybridized carbons (Fsp3) is 0.171. The van der Waals surface area contributed by atoms with E-state index in [-0.39, 0.29) is 56.9 Å². The van der Waals surface area contributed by atoms with E-state index < -0.39 is 0 Å². The van der Waals surface area contributed by atoms with Crippen LogP contribution in [0.2, 0.25) is 13.1 Å². The van der Waals surface area contributed by atoms with Crippen LogP contribution in [0.25, 0.3) is 49.9 Å². The van der Waals surface area contributed by atoms with Gasteiger partial charge >= 0.3 is 26.2 Å². The molecule has 3 radical (unpaired) electrons. The van der Waals surface area contributed by atoms with Gasteiger partial charge in [0.15, 0.2) is 0 Å². The van der Waals surface area contributed by atoms with Gasteiger partial charge in [-0.15, -0.1) is 16.7 Å². The summed E-state index contributed by atoms with van der Waals surface area (Å²) in [6, 6.07) is 44.1. The van der Waals surface area contributed by atoms with Gasteiger partial charge in [-0.2, -0.15) is 18.2 Å². The van der Waals surface area contributed by atoms with Crippen molar-refractivity contribution in [1.82, 2.24) is 0 Å². The van der Waals surface area contributed by atoms with E-state index in [9.17, 15) is 0 Å². The van der Waals surface area contributed by atoms with Gasteiger partial charge in [0.2, 0.25) is 0 Å². The molecule has 2 aliphatic rings. The molecule has 0 N–H and O–H groups in total. The topological polar surface area (TPSA) is 0 Å². The number of allylic oxidation sites excluding steroid dienone is 1. The van der Waals surface area contributed by atoms with Crippen molar-refractivity contribution in [2.45, 2.75) is 45.2 Å². The first kappa shape index (κ1) is 35.1. The molecular weight excluding hydrogens is 683 g/mol. The maximum Gasteiger partial charge on any atom is 3.00 e. The molecule has 0 spiro atoms. The molecule has 2 aliphatic carbocycles. The van der Waals surface area contributed by atoms with Gasteiger partial charge in [-0.3, -0.25) is 0 Å². The quantitative estimate of drug-likeness (QED) is 0.134. The van der Waals surface area contributed by atoms with Crippen LogP contribution in [0.3, 0.4) is 0 Å². The predicted octanol–water partition coefficient (Wildman–Crippen LogP) is 5.15. The minimum Gasteiger partial charge on any atom is -1.00 e. The van der Waals surface area contributed by atoms with Crippen molar-refractivity contribution >= 4 is 37.1 Å². The van der Waals surface area contributed by atoms with E-state index in [0.29, 0.717) is 0 Å². The van der Waals surface area contributed by atoms with Crippen LogP contribution in [0.1, 0.15) is 53.5 Å². The standard InChI is InChI=1S/C39H29.C2H6Si.2ClH.Zr/c1-2-11-28-24-37-34(38(28)33-19-9-18-32-29-15-6-3-14-27(29)23-36(32)33)20-10-21-35(37)39-30-16-7-4-12-25(30)22-26-13-5-8-17-31(26)39;1-3-2;;;/h3-10,12-18,20-22,24,38H,2,11,23H2,1H3;1-2H3;2*1H;/q-1;;;;+3/p-2. The molecule has 0 fully saturated rings. The summed E-state index contributed by atoms with van der Waals surface area (Å²) in [6.07, 6.45) is 5.75. The number of benzene rings is 6. The van der Waals surface area contributed by atoms with E-state index in [2.05, 4.69) is 141 Å². The molecule has 1 unspecified atom stereocenters. The smallest absolute Gasteiger partial charge is 1.00 e. The minimum atomic E-state index is 0. The average Bonchev–Trinajstić information content (AvgIpc) is 3.59. The average molecular weight is 718 g/mol. The van der Waals surface area contributed by atoms with Crippen LogP contribution >= 0.6 is 0 Å². The Hall–Kier alpha value is -2.74. The fourth-order valence-electron chi connectivity index (χ4n) is 7.21. The molecule has 4 heteroatoms. The molecule has 45 heavy (non-hydrogen) atoms. The summed E-state index contributed by atoms with van der Waals surface area (Å²) in [5.74, 6) is 0.255. The van der Waals surface area contributed by atoms with E-state index in [1.54, 1.807) is 0 Å². The van der Waals surface area contributed by atoms with Crippen LogP contribution in [-0.4, -0.2) is 9.52 Å². The van der Waals surface area contributed by atoms with Crippen LogP contribution in [0.5, 0.6) is 0 Å². The van der Waals surface area contributed by atoms with Gasteiger partial charge in [0.05, 0.1) is 0 Å². The van der Waals surface area contributed by atoms with Gasteiger partial charge < -0.3 is 24.8 Å². The zero-order chi connectivity index (χ0) is 28.6. The van der Waals surface area contributed by atoms with Crippen LogP contribution in [0.4, 0.5) is 0 Å². The van der Waals surface area contributed by atoms with E-state index in [4.69, 9.17) is 0 Å². The second-order valence-corrected chi connectivity index (χ2v) is 12.5. The first-order valence-electron chi connectivity index (χ1n) is 15.2. The van der Waals surface area contributed by atoms with Gasteiger partial charge in [0.25, 0.3) is 0 Å². The molecule has 1 atom stereocenters. The molecular formula is C41H35Cl2SiZr. The largest absolute Gasteiger partial charge is 3.00 e. The van der Waals surface area contributed by atoms with Crippen molar-refractivity contribution in [2.75, 3.05) is 0 Å². The zero-order valence-corrected chi connectivity index (χ0v) is 30.9. The molecule has 8 rings (SSSR count). The summed E-state index contributed by atoms with van der Waals surface area (Å²) in [6.45, 7) is 6.61. The third-order valence-electron chi connectivity index (χ3n) is 8.83. The molecule has 0 aliphatic heterocycles. The van der Waals surface area contributed by atoms with Crippen molar-refractivity contribution in [3.8, 4) is 22.3 Å². The second-order valence-electron chi connectivity index (χ2n) is 11.5.